The van der Waals surface area contributed by atoms with Crippen LogP contribution in [0.1, 0.15) is 43.5 Å². The van der Waals surface area contributed by atoms with Gasteiger partial charge in [0.25, 0.3) is 0 Å². The number of nitrogens with zero attached hydrogens (tertiary/aromatic N) is 1. The van der Waals surface area contributed by atoms with Gasteiger partial charge < -0.3 is 9.84 Å². The molecule has 22 heavy (non-hydrogen) atoms. The predicted octanol–water partition coefficient (Wildman–Crippen LogP) is 2.49. The maximum Gasteiger partial charge on any atom is 0.335 e. The van der Waals surface area contributed by atoms with Gasteiger partial charge in [-0.15, -0.1) is 0 Å². The molecule has 1 aliphatic heterocycles. The maximum absolute atomic E-state index is 12.0. The maximum atomic E-state index is 12.0. The van der Waals surface area contributed by atoms with E-state index >= 15 is 0 Å². The highest BCUT2D eigenvalue weighted by Gasteiger charge is 2.29. The molecular formula is C15H21NO5S. The minimum atomic E-state index is -3.35. The molecule has 7 heteroatoms. The Morgan fingerprint density at radius 1 is 1.32 bits per heavy atom. The van der Waals surface area contributed by atoms with E-state index in [1.54, 1.807) is 6.07 Å². The van der Waals surface area contributed by atoms with E-state index < -0.39 is 16.0 Å². The van der Waals surface area contributed by atoms with Crippen molar-refractivity contribution < 1.29 is 23.1 Å². The molecule has 0 aliphatic carbocycles. The minimum Gasteiger partial charge on any atom is -0.490 e. The van der Waals surface area contributed by atoms with Gasteiger partial charge in [0.15, 0.2) is 0 Å². The van der Waals surface area contributed by atoms with Crippen LogP contribution in [0, 0.1) is 0 Å². The summed E-state index contributed by atoms with van der Waals surface area (Å²) >= 11 is 0. The van der Waals surface area contributed by atoms with Crippen molar-refractivity contribution in [1.82, 2.24) is 0 Å². The Labute approximate surface area is 130 Å². The quantitative estimate of drug-likeness (QED) is 0.868. The van der Waals surface area contributed by atoms with Crippen molar-refractivity contribution in [3.05, 3.63) is 23.8 Å². The van der Waals surface area contributed by atoms with Crippen LogP contribution in [-0.4, -0.2) is 37.9 Å². The molecule has 1 aromatic rings. The number of carboxylic acid groups (broad SMARTS) is 1. The first-order valence-electron chi connectivity index (χ1n) is 7.42. The third-order valence-corrected chi connectivity index (χ3v) is 5.61. The summed E-state index contributed by atoms with van der Waals surface area (Å²) in [4.78, 5) is 11.3. The number of carbonyl (C=O) groups is 1. The first kappa shape index (κ1) is 16.6. The van der Waals surface area contributed by atoms with E-state index in [1.807, 2.05) is 13.8 Å². The Balaban J connectivity index is 2.41. The highest BCUT2D eigenvalue weighted by atomic mass is 32.2. The average molecular weight is 327 g/mol. The number of carboxylic acids is 1. The first-order chi connectivity index (χ1) is 10.4. The zero-order valence-corrected chi connectivity index (χ0v) is 13.6. The third-order valence-electron chi connectivity index (χ3n) is 3.74. The Morgan fingerprint density at radius 2 is 2.00 bits per heavy atom. The predicted molar refractivity (Wildman–Crippen MR) is 84.1 cm³/mol. The van der Waals surface area contributed by atoms with Gasteiger partial charge in [-0.25, -0.2) is 13.2 Å². The van der Waals surface area contributed by atoms with E-state index in [0.717, 1.165) is 12.8 Å². The van der Waals surface area contributed by atoms with Gasteiger partial charge in [0.05, 0.1) is 23.1 Å². The molecule has 1 aromatic carbocycles. The van der Waals surface area contributed by atoms with Gasteiger partial charge in [0, 0.05) is 12.6 Å². The molecule has 1 saturated heterocycles. The summed E-state index contributed by atoms with van der Waals surface area (Å²) < 4.78 is 31.1. The fourth-order valence-corrected chi connectivity index (χ4v) is 4.04. The topological polar surface area (TPSA) is 83.9 Å². The molecule has 0 atom stereocenters. The molecule has 0 amide bonds. The van der Waals surface area contributed by atoms with Gasteiger partial charge in [0.1, 0.15) is 5.75 Å². The fourth-order valence-electron chi connectivity index (χ4n) is 2.50. The van der Waals surface area contributed by atoms with E-state index in [4.69, 9.17) is 4.74 Å². The zero-order valence-electron chi connectivity index (χ0n) is 12.8. The number of rotatable bonds is 6. The summed E-state index contributed by atoms with van der Waals surface area (Å²) in [6.45, 7) is 4.35. The number of sulfonamides is 1. The number of hydrogen-bond acceptors (Lipinski definition) is 4. The Kier molecular flexibility index (Phi) is 4.95. The molecule has 1 heterocycles. The van der Waals surface area contributed by atoms with Crippen molar-refractivity contribution in [2.45, 2.75) is 39.2 Å². The van der Waals surface area contributed by atoms with Crippen LogP contribution < -0.4 is 9.04 Å². The molecule has 0 saturated carbocycles. The summed E-state index contributed by atoms with van der Waals surface area (Å²) in [5.74, 6) is -0.619. The van der Waals surface area contributed by atoms with E-state index in [9.17, 15) is 18.3 Å². The van der Waals surface area contributed by atoms with Crippen LogP contribution in [0.25, 0.3) is 0 Å². The second-order valence-electron chi connectivity index (χ2n) is 5.32. The highest BCUT2D eigenvalue weighted by molar-refractivity contribution is 7.93. The van der Waals surface area contributed by atoms with Crippen molar-refractivity contribution in [3.63, 3.8) is 0 Å². The summed E-state index contributed by atoms with van der Waals surface area (Å²) in [5, 5.41) is 9.23. The second-order valence-corrected chi connectivity index (χ2v) is 7.33. The largest absolute Gasteiger partial charge is 0.490 e. The van der Waals surface area contributed by atoms with Crippen LogP contribution in [0.5, 0.6) is 5.75 Å². The lowest BCUT2D eigenvalue weighted by Gasteiger charge is -2.21. The van der Waals surface area contributed by atoms with Crippen LogP contribution in [0.2, 0.25) is 0 Å². The fraction of sp³-hybridized carbons (Fsp3) is 0.533. The third kappa shape index (κ3) is 3.52. The van der Waals surface area contributed by atoms with Crippen LogP contribution in [0.3, 0.4) is 0 Å². The van der Waals surface area contributed by atoms with E-state index in [0.29, 0.717) is 24.4 Å². The van der Waals surface area contributed by atoms with Crippen LogP contribution in [0.15, 0.2) is 18.2 Å². The Morgan fingerprint density at radius 3 is 2.50 bits per heavy atom. The Hall–Kier alpha value is -1.76. The van der Waals surface area contributed by atoms with Crippen molar-refractivity contribution in [2.24, 2.45) is 0 Å². The second kappa shape index (κ2) is 6.56. The highest BCUT2D eigenvalue weighted by Crippen LogP contribution is 2.30. The van der Waals surface area contributed by atoms with E-state index in [1.165, 1.54) is 16.4 Å². The molecular weight excluding hydrogens is 306 g/mol. The van der Waals surface area contributed by atoms with Crippen LogP contribution >= 0.6 is 0 Å². The molecule has 2 rings (SSSR count). The molecule has 0 unspecified atom stereocenters. The molecule has 1 fully saturated rings. The molecule has 1 aliphatic rings. The normalized spacial score (nSPS) is 17.0. The molecule has 0 radical (unpaired) electrons. The Bertz CT molecular complexity index is 652. The van der Waals surface area contributed by atoms with Crippen molar-refractivity contribution in [1.29, 1.82) is 0 Å². The summed E-state index contributed by atoms with van der Waals surface area (Å²) in [5.41, 5.74) is 0.388. The molecule has 0 spiro atoms. The minimum absolute atomic E-state index is 0.0212. The van der Waals surface area contributed by atoms with E-state index in [-0.39, 0.29) is 17.4 Å². The van der Waals surface area contributed by atoms with E-state index in [2.05, 4.69) is 0 Å². The first-order valence-corrected chi connectivity index (χ1v) is 9.03. The van der Waals surface area contributed by atoms with Crippen LogP contribution in [-0.2, 0) is 10.0 Å². The van der Waals surface area contributed by atoms with Crippen molar-refractivity contribution in [3.8, 4) is 5.75 Å². The van der Waals surface area contributed by atoms with Gasteiger partial charge in [-0.3, -0.25) is 4.31 Å². The molecule has 122 valence electrons. The standard InChI is InChI=1S/C15H21NO5S/c1-3-13(4-2)21-14-9-11(15(17)18)8-12(10-14)16-6-5-7-22(16,19)20/h8-10,13H,3-7H2,1-2H3,(H,17,18). The molecule has 0 bridgehead atoms. The number of benzene rings is 1. The smallest absolute Gasteiger partial charge is 0.335 e. The van der Waals surface area contributed by atoms with Gasteiger partial charge >= 0.3 is 5.97 Å². The molecule has 6 nitrogen and oxygen atoms in total. The molecule has 1 N–H and O–H groups in total. The van der Waals surface area contributed by atoms with Crippen LogP contribution in [0.4, 0.5) is 5.69 Å². The average Bonchev–Trinajstić information content (AvgIpc) is 2.83. The summed E-state index contributed by atoms with van der Waals surface area (Å²) in [7, 11) is -3.35. The SMILES string of the molecule is CCC(CC)Oc1cc(C(=O)O)cc(N2CCCS2(=O)=O)c1. The number of ether oxygens (including phenoxy) is 1. The lowest BCUT2D eigenvalue weighted by molar-refractivity contribution is 0.0696. The van der Waals surface area contributed by atoms with Gasteiger partial charge in [0.2, 0.25) is 10.0 Å². The summed E-state index contributed by atoms with van der Waals surface area (Å²) in [6, 6.07) is 4.42. The van der Waals surface area contributed by atoms with Gasteiger partial charge in [-0.05, 0) is 31.4 Å². The zero-order chi connectivity index (χ0) is 16.3. The lowest BCUT2D eigenvalue weighted by atomic mass is 10.1. The van der Waals surface area contributed by atoms with Gasteiger partial charge in [-0.1, -0.05) is 13.8 Å². The summed E-state index contributed by atoms with van der Waals surface area (Å²) in [6.07, 6.45) is 2.12. The van der Waals surface area contributed by atoms with Gasteiger partial charge in [-0.2, -0.15) is 0 Å². The number of hydrogen-bond donors (Lipinski definition) is 1. The number of aromatic carboxylic acids is 1. The molecule has 0 aromatic heterocycles. The monoisotopic (exact) mass is 327 g/mol. The lowest BCUT2D eigenvalue weighted by Crippen LogP contribution is -2.25. The van der Waals surface area contributed by atoms with Crippen molar-refractivity contribution >= 4 is 21.7 Å². The number of anilines is 1. The van der Waals surface area contributed by atoms with Crippen molar-refractivity contribution in [2.75, 3.05) is 16.6 Å².